The Hall–Kier alpha value is -1.61. The molecule has 0 bridgehead atoms. The topological polar surface area (TPSA) is 16.8 Å². The van der Waals surface area contributed by atoms with E-state index in [0.717, 1.165) is 12.1 Å². The summed E-state index contributed by atoms with van der Waals surface area (Å²) >= 11 is 1.95. The zero-order valence-corrected chi connectivity index (χ0v) is 10.8. The molecule has 0 radical (unpaired) electrons. The van der Waals surface area contributed by atoms with Crippen LogP contribution in [-0.4, -0.2) is 10.7 Å². The molecular weight excluding hydrogens is 240 g/mol. The van der Waals surface area contributed by atoms with Gasteiger partial charge in [0, 0.05) is 11.1 Å². The number of aryl methyl sites for hydroxylation is 1. The van der Waals surface area contributed by atoms with E-state index in [4.69, 9.17) is 0 Å². The third-order valence-electron chi connectivity index (χ3n) is 3.50. The molecule has 0 fully saturated rings. The molecule has 1 aromatic heterocycles. The van der Waals surface area contributed by atoms with Crippen molar-refractivity contribution in [2.45, 2.75) is 18.0 Å². The Kier molecular flexibility index (Phi) is 2.27. The van der Waals surface area contributed by atoms with Crippen LogP contribution < -0.4 is 4.57 Å². The van der Waals surface area contributed by atoms with Crippen LogP contribution in [0.1, 0.15) is 6.42 Å². The largest absolute Gasteiger partial charge is 0.287 e. The predicted molar refractivity (Wildman–Crippen MR) is 74.8 cm³/mol. The second kappa shape index (κ2) is 3.95. The summed E-state index contributed by atoms with van der Waals surface area (Å²) in [6, 6.07) is 12.9. The van der Waals surface area contributed by atoms with Crippen LogP contribution in [0.2, 0.25) is 0 Å². The van der Waals surface area contributed by atoms with E-state index in [1.165, 1.54) is 33.4 Å². The number of benzene rings is 2. The van der Waals surface area contributed by atoms with Crippen LogP contribution >= 0.6 is 11.8 Å². The van der Waals surface area contributed by atoms with Crippen LogP contribution in [0.3, 0.4) is 0 Å². The van der Waals surface area contributed by atoms with Crippen molar-refractivity contribution in [2.24, 2.45) is 0 Å². The van der Waals surface area contributed by atoms with Gasteiger partial charge in [-0.1, -0.05) is 36.0 Å². The van der Waals surface area contributed by atoms with Crippen LogP contribution in [0.5, 0.6) is 0 Å². The van der Waals surface area contributed by atoms with Gasteiger partial charge in [-0.15, -0.1) is 0 Å². The molecule has 0 amide bonds. The van der Waals surface area contributed by atoms with Gasteiger partial charge >= 0.3 is 0 Å². The smallest absolute Gasteiger partial charge is 0.224 e. The lowest BCUT2D eigenvalue weighted by molar-refractivity contribution is -0.735. The van der Waals surface area contributed by atoms with Gasteiger partial charge in [0.1, 0.15) is 0 Å². The van der Waals surface area contributed by atoms with Gasteiger partial charge in [0.15, 0.2) is 10.5 Å². The third-order valence-corrected chi connectivity index (χ3v) is 4.72. The predicted octanol–water partition coefficient (Wildman–Crippen LogP) is 3.17. The number of nitrogens with zero attached hydrogens (tertiary/aromatic N) is 2. The minimum atomic E-state index is 1.10. The first-order chi connectivity index (χ1) is 8.93. The van der Waals surface area contributed by atoms with Gasteiger partial charge in [-0.25, -0.2) is 4.57 Å². The molecule has 3 aromatic rings. The highest BCUT2D eigenvalue weighted by atomic mass is 32.2. The van der Waals surface area contributed by atoms with E-state index in [0.29, 0.717) is 0 Å². The number of hydrogen-bond donors (Lipinski definition) is 0. The first-order valence-corrected chi connectivity index (χ1v) is 7.25. The standard InChI is InChI=1S/C15H13N2S/c1-2-5-12-11(4-1)6-7-13-14(12)16-10-17-8-3-9-18-15(13)17/h1-2,4-7,10H,3,8-9H2/q+1. The summed E-state index contributed by atoms with van der Waals surface area (Å²) in [5, 5.41) is 5.19. The van der Waals surface area contributed by atoms with Crippen molar-refractivity contribution in [1.82, 2.24) is 4.98 Å². The normalized spacial score (nSPS) is 14.9. The monoisotopic (exact) mass is 253 g/mol. The number of aromatic nitrogens is 2. The Bertz CT molecular complexity index is 752. The van der Waals surface area contributed by atoms with Gasteiger partial charge in [0.05, 0.1) is 11.9 Å². The summed E-state index contributed by atoms with van der Waals surface area (Å²) in [4.78, 5) is 4.67. The van der Waals surface area contributed by atoms with Crippen LogP contribution in [0.15, 0.2) is 47.8 Å². The second-order valence-electron chi connectivity index (χ2n) is 4.63. The first-order valence-electron chi connectivity index (χ1n) is 6.26. The van der Waals surface area contributed by atoms with E-state index < -0.39 is 0 Å². The maximum atomic E-state index is 4.67. The second-order valence-corrected chi connectivity index (χ2v) is 5.71. The van der Waals surface area contributed by atoms with E-state index >= 15 is 0 Å². The highest BCUT2D eigenvalue weighted by molar-refractivity contribution is 7.99. The Labute approximate surface area is 110 Å². The molecule has 0 unspecified atom stereocenters. The summed E-state index contributed by atoms with van der Waals surface area (Å²) in [5.74, 6) is 1.21. The molecule has 2 nitrogen and oxygen atoms in total. The van der Waals surface area contributed by atoms with Crippen LogP contribution in [0.4, 0.5) is 0 Å². The highest BCUT2D eigenvalue weighted by Crippen LogP contribution is 2.30. The number of thioether (sulfide) groups is 1. The van der Waals surface area contributed by atoms with Gasteiger partial charge < -0.3 is 0 Å². The molecule has 0 saturated carbocycles. The van der Waals surface area contributed by atoms with E-state index in [-0.39, 0.29) is 0 Å². The molecule has 0 saturated heterocycles. The lowest BCUT2D eigenvalue weighted by Gasteiger charge is -2.13. The third kappa shape index (κ3) is 1.44. The lowest BCUT2D eigenvalue weighted by atomic mass is 10.1. The molecule has 0 spiro atoms. The Morgan fingerprint density at radius 1 is 1.06 bits per heavy atom. The number of fused-ring (bicyclic) bond motifs is 5. The zero-order valence-electron chi connectivity index (χ0n) is 9.97. The fourth-order valence-corrected chi connectivity index (χ4v) is 3.72. The Morgan fingerprint density at radius 2 is 2.00 bits per heavy atom. The molecule has 18 heavy (non-hydrogen) atoms. The molecular formula is C15H13N2S+. The SMILES string of the molecule is c1ccc2c(c1)ccc1c3[n+](cnc12)CCCS3. The molecule has 2 heterocycles. The Morgan fingerprint density at radius 3 is 3.00 bits per heavy atom. The maximum Gasteiger partial charge on any atom is 0.287 e. The number of rotatable bonds is 0. The van der Waals surface area contributed by atoms with Crippen molar-refractivity contribution >= 4 is 33.4 Å². The quantitative estimate of drug-likeness (QED) is 0.348. The Balaban J connectivity index is 2.15. The highest BCUT2D eigenvalue weighted by Gasteiger charge is 2.20. The summed E-state index contributed by atoms with van der Waals surface area (Å²) in [6.07, 6.45) is 3.24. The summed E-state index contributed by atoms with van der Waals surface area (Å²) in [7, 11) is 0. The molecule has 4 rings (SSSR count). The number of hydrogen-bond acceptors (Lipinski definition) is 2. The fraction of sp³-hybridized carbons (Fsp3) is 0.200. The average molecular weight is 253 g/mol. The van der Waals surface area contributed by atoms with Gasteiger partial charge in [-0.3, -0.25) is 0 Å². The van der Waals surface area contributed by atoms with E-state index in [2.05, 4.69) is 45.9 Å². The van der Waals surface area contributed by atoms with Crippen LogP contribution in [0.25, 0.3) is 21.7 Å². The summed E-state index contributed by atoms with van der Waals surface area (Å²) in [6.45, 7) is 1.10. The molecule has 1 aliphatic rings. The van der Waals surface area contributed by atoms with Gasteiger partial charge in [0.2, 0.25) is 0 Å². The van der Waals surface area contributed by atoms with Crippen molar-refractivity contribution in [3.63, 3.8) is 0 Å². The van der Waals surface area contributed by atoms with E-state index in [1.54, 1.807) is 0 Å². The van der Waals surface area contributed by atoms with E-state index in [9.17, 15) is 0 Å². The van der Waals surface area contributed by atoms with Crippen LogP contribution in [0, 0.1) is 0 Å². The maximum absolute atomic E-state index is 4.67. The van der Waals surface area contributed by atoms with Gasteiger partial charge in [-0.2, -0.15) is 0 Å². The molecule has 0 N–H and O–H groups in total. The van der Waals surface area contributed by atoms with Crippen molar-refractivity contribution in [3.8, 4) is 0 Å². The average Bonchev–Trinajstić information content (AvgIpc) is 2.46. The van der Waals surface area contributed by atoms with Gasteiger partial charge in [-0.05, 0) is 28.9 Å². The minimum Gasteiger partial charge on any atom is -0.224 e. The van der Waals surface area contributed by atoms with Crippen LogP contribution in [-0.2, 0) is 6.54 Å². The van der Waals surface area contributed by atoms with Crippen molar-refractivity contribution in [3.05, 3.63) is 42.7 Å². The van der Waals surface area contributed by atoms with E-state index in [1.807, 2.05) is 18.1 Å². The first kappa shape index (κ1) is 10.3. The minimum absolute atomic E-state index is 1.10. The summed E-state index contributed by atoms with van der Waals surface area (Å²) < 4.78 is 2.28. The molecule has 1 aliphatic heterocycles. The summed E-state index contributed by atoms with van der Waals surface area (Å²) in [5.41, 5.74) is 1.13. The molecule has 3 heteroatoms. The van der Waals surface area contributed by atoms with Gasteiger partial charge in [0.25, 0.3) is 6.33 Å². The lowest BCUT2D eigenvalue weighted by Crippen LogP contribution is -2.39. The molecule has 0 atom stereocenters. The van der Waals surface area contributed by atoms with Crippen molar-refractivity contribution in [1.29, 1.82) is 0 Å². The molecule has 88 valence electrons. The zero-order chi connectivity index (χ0) is 11.9. The van der Waals surface area contributed by atoms with Crippen molar-refractivity contribution in [2.75, 3.05) is 5.75 Å². The molecule has 0 aliphatic carbocycles. The molecule has 2 aromatic carbocycles. The van der Waals surface area contributed by atoms with Crippen molar-refractivity contribution < 1.29 is 4.57 Å². The fourth-order valence-electron chi connectivity index (χ4n) is 2.63.